The number of amides is 2. The summed E-state index contributed by atoms with van der Waals surface area (Å²) in [4.78, 5) is 25.6. The van der Waals surface area contributed by atoms with Crippen molar-refractivity contribution < 1.29 is 14.3 Å². The molecule has 0 spiro atoms. The lowest BCUT2D eigenvalue weighted by molar-refractivity contribution is -0.144. The van der Waals surface area contributed by atoms with Crippen LogP contribution in [0.3, 0.4) is 0 Å². The maximum atomic E-state index is 12.2. The molecule has 20 heavy (non-hydrogen) atoms. The van der Waals surface area contributed by atoms with Crippen molar-refractivity contribution in [2.45, 2.75) is 52.5 Å². The van der Waals surface area contributed by atoms with E-state index in [1.54, 1.807) is 4.90 Å². The van der Waals surface area contributed by atoms with Gasteiger partial charge in [0.2, 0.25) is 11.8 Å². The molecule has 1 aliphatic heterocycles. The summed E-state index contributed by atoms with van der Waals surface area (Å²) in [7, 11) is 0. The number of nitrogens with zero attached hydrogens (tertiary/aromatic N) is 1. The van der Waals surface area contributed by atoms with Gasteiger partial charge < -0.3 is 15.0 Å². The van der Waals surface area contributed by atoms with Gasteiger partial charge in [-0.1, -0.05) is 27.2 Å². The van der Waals surface area contributed by atoms with Gasteiger partial charge in [0.15, 0.2) is 0 Å². The molecule has 5 nitrogen and oxygen atoms in total. The van der Waals surface area contributed by atoms with Gasteiger partial charge >= 0.3 is 0 Å². The number of hydrogen-bond acceptors (Lipinski definition) is 3. The molecular weight excluding hydrogens is 256 g/mol. The average Bonchev–Trinajstić information content (AvgIpc) is 2.38. The first kappa shape index (κ1) is 17.0. The van der Waals surface area contributed by atoms with Crippen LogP contribution in [-0.2, 0) is 14.3 Å². The van der Waals surface area contributed by atoms with Gasteiger partial charge in [0.25, 0.3) is 0 Å². The summed E-state index contributed by atoms with van der Waals surface area (Å²) in [6, 6.07) is -0.350. The van der Waals surface area contributed by atoms with E-state index >= 15 is 0 Å². The number of hydrogen-bond donors (Lipinski definition) is 1. The molecule has 1 fully saturated rings. The van der Waals surface area contributed by atoms with E-state index in [0.717, 1.165) is 25.9 Å². The van der Waals surface area contributed by atoms with Gasteiger partial charge in [-0.2, -0.15) is 0 Å². The van der Waals surface area contributed by atoms with Crippen molar-refractivity contribution >= 4 is 11.8 Å². The van der Waals surface area contributed by atoms with E-state index in [0.29, 0.717) is 25.5 Å². The van der Waals surface area contributed by atoms with Crippen molar-refractivity contribution in [1.82, 2.24) is 10.2 Å². The van der Waals surface area contributed by atoms with Gasteiger partial charge in [0, 0.05) is 19.8 Å². The summed E-state index contributed by atoms with van der Waals surface area (Å²) in [6.45, 7) is 8.46. The molecule has 2 amide bonds. The van der Waals surface area contributed by atoms with Crippen molar-refractivity contribution in [3.8, 4) is 0 Å². The fraction of sp³-hybridized carbons (Fsp3) is 0.867. The van der Waals surface area contributed by atoms with Crippen molar-refractivity contribution in [3.63, 3.8) is 0 Å². The van der Waals surface area contributed by atoms with Gasteiger partial charge in [-0.25, -0.2) is 0 Å². The second kappa shape index (κ2) is 8.95. The van der Waals surface area contributed by atoms with Crippen molar-refractivity contribution in [3.05, 3.63) is 0 Å². The van der Waals surface area contributed by atoms with Crippen LogP contribution in [-0.4, -0.2) is 49.1 Å². The Morgan fingerprint density at radius 2 is 2.00 bits per heavy atom. The maximum absolute atomic E-state index is 12.2. The van der Waals surface area contributed by atoms with Crippen LogP contribution in [0.25, 0.3) is 0 Å². The first-order valence-corrected chi connectivity index (χ1v) is 7.70. The fourth-order valence-corrected chi connectivity index (χ4v) is 2.30. The Labute approximate surface area is 122 Å². The molecule has 0 aromatic rings. The van der Waals surface area contributed by atoms with Crippen LogP contribution in [0.1, 0.15) is 46.5 Å². The number of rotatable bonds is 9. The summed E-state index contributed by atoms with van der Waals surface area (Å²) >= 11 is 0. The van der Waals surface area contributed by atoms with Gasteiger partial charge in [-0.3, -0.25) is 9.59 Å². The molecule has 0 aromatic carbocycles. The molecule has 0 saturated carbocycles. The molecule has 0 aliphatic carbocycles. The summed E-state index contributed by atoms with van der Waals surface area (Å²) in [5, 5.41) is 2.78. The molecule has 1 aliphatic rings. The predicted molar refractivity (Wildman–Crippen MR) is 78.3 cm³/mol. The lowest BCUT2D eigenvalue weighted by Gasteiger charge is -2.33. The van der Waals surface area contributed by atoms with Crippen LogP contribution < -0.4 is 5.32 Å². The molecule has 1 saturated heterocycles. The maximum Gasteiger partial charge on any atom is 0.245 e. The smallest absolute Gasteiger partial charge is 0.245 e. The molecule has 0 bridgehead atoms. The third-order valence-electron chi connectivity index (χ3n) is 3.35. The number of carbonyl (C=O) groups is 2. The average molecular weight is 284 g/mol. The van der Waals surface area contributed by atoms with Crippen molar-refractivity contribution in [2.75, 3.05) is 26.3 Å². The Morgan fingerprint density at radius 1 is 1.30 bits per heavy atom. The summed E-state index contributed by atoms with van der Waals surface area (Å²) < 4.78 is 5.48. The summed E-state index contributed by atoms with van der Waals surface area (Å²) in [5.74, 6) is 0.385. The highest BCUT2D eigenvalue weighted by Crippen LogP contribution is 2.12. The molecule has 5 heteroatoms. The highest BCUT2D eigenvalue weighted by molar-refractivity contribution is 5.94. The highest BCUT2D eigenvalue weighted by Gasteiger charge is 2.32. The minimum absolute atomic E-state index is 0.0480. The van der Waals surface area contributed by atoms with Gasteiger partial charge in [-0.15, -0.1) is 0 Å². The monoisotopic (exact) mass is 284 g/mol. The van der Waals surface area contributed by atoms with Crippen LogP contribution >= 0.6 is 0 Å². The number of unbranched alkanes of at least 4 members (excludes halogenated alkanes) is 1. The largest absolute Gasteiger partial charge is 0.381 e. The normalized spacial score (nSPS) is 19.6. The van der Waals surface area contributed by atoms with Gasteiger partial charge in [0.1, 0.15) is 6.04 Å². The number of ether oxygens (including phenoxy) is 1. The van der Waals surface area contributed by atoms with E-state index in [1.165, 1.54) is 0 Å². The third-order valence-corrected chi connectivity index (χ3v) is 3.35. The first-order valence-electron chi connectivity index (χ1n) is 7.70. The van der Waals surface area contributed by atoms with Crippen LogP contribution in [0.15, 0.2) is 0 Å². The van der Waals surface area contributed by atoms with Crippen molar-refractivity contribution in [1.29, 1.82) is 0 Å². The quantitative estimate of drug-likeness (QED) is 0.654. The van der Waals surface area contributed by atoms with Gasteiger partial charge in [0.05, 0.1) is 6.54 Å². The second-order valence-corrected chi connectivity index (χ2v) is 5.83. The SMILES string of the molecule is CCCCOCCCN1CC(=O)NC(CC(C)C)C1=O. The summed E-state index contributed by atoms with van der Waals surface area (Å²) in [5.41, 5.74) is 0. The van der Waals surface area contributed by atoms with Crippen LogP contribution in [0.2, 0.25) is 0 Å². The predicted octanol–water partition coefficient (Wildman–Crippen LogP) is 1.57. The molecule has 1 unspecified atom stereocenters. The highest BCUT2D eigenvalue weighted by atomic mass is 16.5. The molecule has 116 valence electrons. The number of carbonyl (C=O) groups excluding carboxylic acids is 2. The van der Waals surface area contributed by atoms with E-state index in [-0.39, 0.29) is 24.4 Å². The zero-order valence-electron chi connectivity index (χ0n) is 13.0. The van der Waals surface area contributed by atoms with Crippen LogP contribution in [0.4, 0.5) is 0 Å². The van der Waals surface area contributed by atoms with E-state index in [1.807, 2.05) is 0 Å². The van der Waals surface area contributed by atoms with Gasteiger partial charge in [-0.05, 0) is 25.2 Å². The Kier molecular flexibility index (Phi) is 7.59. The molecule has 0 radical (unpaired) electrons. The molecule has 1 rings (SSSR count). The minimum Gasteiger partial charge on any atom is -0.381 e. The Balaban J connectivity index is 2.32. The van der Waals surface area contributed by atoms with Crippen LogP contribution in [0, 0.1) is 5.92 Å². The zero-order valence-corrected chi connectivity index (χ0v) is 13.0. The molecular formula is C15H28N2O3. The van der Waals surface area contributed by atoms with E-state index < -0.39 is 0 Å². The van der Waals surface area contributed by atoms with E-state index in [2.05, 4.69) is 26.1 Å². The molecule has 1 heterocycles. The Hall–Kier alpha value is -1.10. The van der Waals surface area contributed by atoms with Crippen molar-refractivity contribution in [2.24, 2.45) is 5.92 Å². The topological polar surface area (TPSA) is 58.6 Å². The molecule has 1 N–H and O–H groups in total. The molecule has 1 atom stereocenters. The minimum atomic E-state index is -0.350. The standard InChI is InChI=1S/C15H28N2O3/c1-4-5-8-20-9-6-7-17-11-14(18)16-13(15(17)19)10-12(2)3/h12-13H,4-11H2,1-3H3,(H,16,18). The second-order valence-electron chi connectivity index (χ2n) is 5.83. The Morgan fingerprint density at radius 3 is 2.65 bits per heavy atom. The van der Waals surface area contributed by atoms with E-state index in [4.69, 9.17) is 4.74 Å². The number of piperazine rings is 1. The number of nitrogens with one attached hydrogen (secondary N) is 1. The lowest BCUT2D eigenvalue weighted by Crippen LogP contribution is -2.58. The first-order chi connectivity index (χ1) is 9.54. The van der Waals surface area contributed by atoms with Crippen LogP contribution in [0.5, 0.6) is 0 Å². The van der Waals surface area contributed by atoms with E-state index in [9.17, 15) is 9.59 Å². The molecule has 0 aromatic heterocycles. The lowest BCUT2D eigenvalue weighted by atomic mass is 10.0. The third kappa shape index (κ3) is 5.90. The zero-order chi connectivity index (χ0) is 15.0. The Bertz CT molecular complexity index is 318. The fourth-order valence-electron chi connectivity index (χ4n) is 2.30. The summed E-state index contributed by atoms with van der Waals surface area (Å²) in [6.07, 6.45) is 3.69.